The molecule has 0 aromatic heterocycles. The lowest BCUT2D eigenvalue weighted by Gasteiger charge is -2.12. The standard InChI is InChI=1S/C17H16O2.H2S/c18-17(19)16-11-14-6-5-12-1-3-13(4-2-12)7-9-15(16)10-8-14;/h1-4,8,10-11H,5-7,9H2,(H,18,19);1H2. The molecule has 0 spiro atoms. The molecule has 0 heterocycles. The summed E-state index contributed by atoms with van der Waals surface area (Å²) in [5.41, 5.74) is 5.08. The molecule has 2 nitrogen and oxygen atoms in total. The second-order valence-corrected chi connectivity index (χ2v) is 5.11. The molecule has 0 atom stereocenters. The number of rotatable bonds is 1. The molecule has 0 unspecified atom stereocenters. The zero-order chi connectivity index (χ0) is 13.2. The quantitative estimate of drug-likeness (QED) is 0.872. The molecule has 104 valence electrons. The molecule has 4 aliphatic carbocycles. The van der Waals surface area contributed by atoms with E-state index in [1.807, 2.05) is 12.1 Å². The monoisotopic (exact) mass is 286 g/mol. The van der Waals surface area contributed by atoms with Gasteiger partial charge in [-0.25, -0.2) is 4.79 Å². The molecule has 0 aliphatic heterocycles. The van der Waals surface area contributed by atoms with E-state index >= 15 is 0 Å². The molecular weight excluding hydrogens is 268 g/mol. The van der Waals surface area contributed by atoms with Crippen LogP contribution in [0.15, 0.2) is 42.5 Å². The van der Waals surface area contributed by atoms with E-state index in [0.717, 1.165) is 36.8 Å². The van der Waals surface area contributed by atoms with E-state index in [0.29, 0.717) is 5.56 Å². The highest BCUT2D eigenvalue weighted by atomic mass is 32.1. The molecule has 0 saturated carbocycles. The molecule has 6 rings (SSSR count). The van der Waals surface area contributed by atoms with E-state index in [1.54, 1.807) is 0 Å². The maximum atomic E-state index is 11.3. The SMILES string of the molecule is O=C(O)c1cc2ccc1CCc1ccc(cc1)CC2.S. The second-order valence-electron chi connectivity index (χ2n) is 5.11. The van der Waals surface area contributed by atoms with Crippen molar-refractivity contribution in [2.45, 2.75) is 25.7 Å². The molecule has 3 heteroatoms. The molecule has 1 N–H and O–H groups in total. The summed E-state index contributed by atoms with van der Waals surface area (Å²) < 4.78 is 0. The van der Waals surface area contributed by atoms with Gasteiger partial charge in [-0.15, -0.1) is 0 Å². The van der Waals surface area contributed by atoms with Crippen LogP contribution >= 0.6 is 13.5 Å². The molecule has 2 aromatic carbocycles. The lowest BCUT2D eigenvalue weighted by atomic mass is 9.93. The number of carboxylic acid groups (broad SMARTS) is 1. The molecule has 0 saturated heterocycles. The third kappa shape index (κ3) is 3.05. The largest absolute Gasteiger partial charge is 0.478 e. The van der Waals surface area contributed by atoms with Gasteiger partial charge in [-0.05, 0) is 54.0 Å². The Kier molecular flexibility index (Phi) is 4.50. The van der Waals surface area contributed by atoms with Gasteiger partial charge in [0.2, 0.25) is 0 Å². The van der Waals surface area contributed by atoms with Gasteiger partial charge in [-0.2, -0.15) is 13.5 Å². The van der Waals surface area contributed by atoms with E-state index in [4.69, 9.17) is 0 Å². The van der Waals surface area contributed by atoms with E-state index in [2.05, 4.69) is 30.3 Å². The third-order valence-electron chi connectivity index (χ3n) is 3.81. The topological polar surface area (TPSA) is 37.3 Å². The summed E-state index contributed by atoms with van der Waals surface area (Å²) in [5.74, 6) is -0.817. The molecule has 4 bridgehead atoms. The summed E-state index contributed by atoms with van der Waals surface area (Å²) in [6.45, 7) is 0. The number of carbonyl (C=O) groups is 1. The van der Waals surface area contributed by atoms with Crippen molar-refractivity contribution in [2.75, 3.05) is 0 Å². The van der Waals surface area contributed by atoms with Gasteiger partial charge in [0, 0.05) is 0 Å². The first kappa shape index (κ1) is 14.7. The van der Waals surface area contributed by atoms with Gasteiger partial charge in [0.1, 0.15) is 0 Å². The minimum atomic E-state index is -0.817. The van der Waals surface area contributed by atoms with Crippen molar-refractivity contribution in [1.82, 2.24) is 0 Å². The van der Waals surface area contributed by atoms with E-state index in [9.17, 15) is 9.90 Å². The van der Waals surface area contributed by atoms with Crippen LogP contribution in [-0.4, -0.2) is 11.1 Å². The molecule has 2 aromatic rings. The highest BCUT2D eigenvalue weighted by Crippen LogP contribution is 2.19. The fraction of sp³-hybridized carbons (Fsp3) is 0.235. The van der Waals surface area contributed by atoms with Crippen LogP contribution < -0.4 is 0 Å². The number of aromatic carboxylic acids is 1. The average Bonchev–Trinajstić information content (AvgIpc) is 2.41. The van der Waals surface area contributed by atoms with Crippen LogP contribution in [0.2, 0.25) is 0 Å². The molecular formula is C17H18O2S. The third-order valence-corrected chi connectivity index (χ3v) is 3.81. The summed E-state index contributed by atoms with van der Waals surface area (Å²) in [7, 11) is 0. The Balaban J connectivity index is 0.00000147. The Hall–Kier alpha value is -1.74. The van der Waals surface area contributed by atoms with Crippen molar-refractivity contribution in [1.29, 1.82) is 0 Å². The van der Waals surface area contributed by atoms with Crippen LogP contribution in [0.25, 0.3) is 0 Å². The predicted octanol–water partition coefficient (Wildman–Crippen LogP) is 3.38. The average molecular weight is 286 g/mol. The molecule has 20 heavy (non-hydrogen) atoms. The van der Waals surface area contributed by atoms with E-state index in [1.165, 1.54) is 11.1 Å². The fourth-order valence-electron chi connectivity index (χ4n) is 2.64. The number of carboxylic acids is 1. The van der Waals surface area contributed by atoms with Crippen molar-refractivity contribution in [3.05, 3.63) is 70.3 Å². The molecule has 0 amide bonds. The van der Waals surface area contributed by atoms with Crippen molar-refractivity contribution >= 4 is 19.5 Å². The van der Waals surface area contributed by atoms with E-state index < -0.39 is 5.97 Å². The normalized spacial score (nSPS) is 13.2. The van der Waals surface area contributed by atoms with Gasteiger partial charge < -0.3 is 5.11 Å². The lowest BCUT2D eigenvalue weighted by molar-refractivity contribution is 0.0695. The minimum Gasteiger partial charge on any atom is -0.478 e. The van der Waals surface area contributed by atoms with Crippen molar-refractivity contribution in [3.63, 3.8) is 0 Å². The second kappa shape index (κ2) is 6.14. The first-order chi connectivity index (χ1) is 9.22. The minimum absolute atomic E-state index is 0. The van der Waals surface area contributed by atoms with Gasteiger partial charge >= 0.3 is 5.97 Å². The zero-order valence-electron chi connectivity index (χ0n) is 11.2. The Labute approximate surface area is 125 Å². The van der Waals surface area contributed by atoms with Crippen LogP contribution in [0, 0.1) is 0 Å². The van der Waals surface area contributed by atoms with Crippen molar-refractivity contribution in [2.24, 2.45) is 0 Å². The Morgan fingerprint density at radius 2 is 1.30 bits per heavy atom. The maximum absolute atomic E-state index is 11.3. The van der Waals surface area contributed by atoms with E-state index in [-0.39, 0.29) is 13.5 Å². The van der Waals surface area contributed by atoms with Crippen LogP contribution in [0.1, 0.15) is 32.6 Å². The molecule has 0 fully saturated rings. The highest BCUT2D eigenvalue weighted by molar-refractivity contribution is 7.59. The number of hydrogen-bond donors (Lipinski definition) is 1. The highest BCUT2D eigenvalue weighted by Gasteiger charge is 2.12. The van der Waals surface area contributed by atoms with Crippen LogP contribution in [0.4, 0.5) is 0 Å². The van der Waals surface area contributed by atoms with Crippen LogP contribution in [0.3, 0.4) is 0 Å². The summed E-state index contributed by atoms with van der Waals surface area (Å²) >= 11 is 0. The summed E-state index contributed by atoms with van der Waals surface area (Å²) in [6, 6.07) is 14.6. The number of hydrogen-bond acceptors (Lipinski definition) is 1. The van der Waals surface area contributed by atoms with Crippen LogP contribution in [0.5, 0.6) is 0 Å². The van der Waals surface area contributed by atoms with Crippen molar-refractivity contribution in [3.8, 4) is 0 Å². The fourth-order valence-corrected chi connectivity index (χ4v) is 2.64. The maximum Gasteiger partial charge on any atom is 0.335 e. The van der Waals surface area contributed by atoms with Gasteiger partial charge in [-0.3, -0.25) is 0 Å². The summed E-state index contributed by atoms with van der Waals surface area (Å²) in [5, 5.41) is 9.32. The van der Waals surface area contributed by atoms with Crippen molar-refractivity contribution < 1.29 is 9.90 Å². The summed E-state index contributed by atoms with van der Waals surface area (Å²) in [6.07, 6.45) is 3.51. The Morgan fingerprint density at radius 3 is 1.90 bits per heavy atom. The predicted molar refractivity (Wildman–Crippen MR) is 85.0 cm³/mol. The smallest absolute Gasteiger partial charge is 0.335 e. The Bertz CT molecular complexity index is 617. The molecule has 4 aliphatic rings. The number of benzene rings is 2. The summed E-state index contributed by atoms with van der Waals surface area (Å²) in [4.78, 5) is 11.3. The van der Waals surface area contributed by atoms with Gasteiger partial charge in [0.05, 0.1) is 5.56 Å². The number of aryl methyl sites for hydroxylation is 4. The van der Waals surface area contributed by atoms with Gasteiger partial charge in [-0.1, -0.05) is 36.4 Å². The zero-order valence-corrected chi connectivity index (χ0v) is 12.2. The van der Waals surface area contributed by atoms with Gasteiger partial charge in [0.15, 0.2) is 0 Å². The molecule has 0 radical (unpaired) electrons. The lowest BCUT2D eigenvalue weighted by Crippen LogP contribution is -2.06. The first-order valence-corrected chi connectivity index (χ1v) is 6.65. The van der Waals surface area contributed by atoms with Crippen LogP contribution in [-0.2, 0) is 25.7 Å². The van der Waals surface area contributed by atoms with Gasteiger partial charge in [0.25, 0.3) is 0 Å². The Morgan fingerprint density at radius 1 is 0.800 bits per heavy atom. The first-order valence-electron chi connectivity index (χ1n) is 6.65.